The van der Waals surface area contributed by atoms with Crippen LogP contribution in [0.4, 0.5) is 0 Å². The summed E-state index contributed by atoms with van der Waals surface area (Å²) in [6.45, 7) is 2.10. The second-order valence-electron chi connectivity index (χ2n) is 4.08. The predicted molar refractivity (Wildman–Crippen MR) is 56.0 cm³/mol. The fourth-order valence-corrected chi connectivity index (χ4v) is 2.00. The Morgan fingerprint density at radius 1 is 1.06 bits per heavy atom. The number of rotatable bonds is 2. The van der Waals surface area contributed by atoms with Gasteiger partial charge in [-0.15, -0.1) is 0 Å². The molecule has 86 valence electrons. The summed E-state index contributed by atoms with van der Waals surface area (Å²) < 4.78 is 22.0. The van der Waals surface area contributed by atoms with Crippen LogP contribution in [0.15, 0.2) is 24.3 Å². The number of hydrogen-bond donors (Lipinski definition) is 0. The van der Waals surface area contributed by atoms with Crippen molar-refractivity contribution in [1.82, 2.24) is 0 Å². The third-order valence-electron chi connectivity index (χ3n) is 2.97. The zero-order chi connectivity index (χ0) is 11.0. The van der Waals surface area contributed by atoms with E-state index in [0.29, 0.717) is 25.7 Å². The maximum absolute atomic E-state index is 5.64. The Kier molecular flexibility index (Phi) is 2.35. The minimum atomic E-state index is -0.985. The summed E-state index contributed by atoms with van der Waals surface area (Å²) in [6.07, 6.45) is 0. The molecule has 0 aliphatic carbocycles. The maximum Gasteiger partial charge on any atom is 0.312 e. The standard InChI is InChI=1S/C12H14O4/c1-13-11-4-2-10(3-5-11)12-14-6-9(7-15-12)8-16-12/h2-5,9H,6-8H2,1H3. The molecule has 0 N–H and O–H groups in total. The summed E-state index contributed by atoms with van der Waals surface area (Å²) in [5.74, 6) is 0.200. The first-order valence-electron chi connectivity index (χ1n) is 5.39. The number of fused-ring (bicyclic) bond motifs is 3. The Morgan fingerprint density at radius 3 is 2.12 bits per heavy atom. The van der Waals surface area contributed by atoms with E-state index in [1.165, 1.54) is 0 Å². The lowest BCUT2D eigenvalue weighted by molar-refractivity contribution is -0.460. The van der Waals surface area contributed by atoms with Crippen LogP contribution in [-0.4, -0.2) is 26.9 Å². The topological polar surface area (TPSA) is 36.9 Å². The molecule has 16 heavy (non-hydrogen) atoms. The van der Waals surface area contributed by atoms with Crippen LogP contribution in [0.25, 0.3) is 0 Å². The van der Waals surface area contributed by atoms with Crippen LogP contribution in [0.2, 0.25) is 0 Å². The minimum absolute atomic E-state index is 0.375. The van der Waals surface area contributed by atoms with Gasteiger partial charge in [0.2, 0.25) is 0 Å². The molecule has 0 saturated carbocycles. The highest BCUT2D eigenvalue weighted by Gasteiger charge is 2.46. The van der Waals surface area contributed by atoms with Gasteiger partial charge in [0.1, 0.15) is 5.75 Å². The molecule has 3 fully saturated rings. The third-order valence-corrected chi connectivity index (χ3v) is 2.97. The average Bonchev–Trinajstić information content (AvgIpc) is 2.41. The van der Waals surface area contributed by atoms with Crippen LogP contribution >= 0.6 is 0 Å². The van der Waals surface area contributed by atoms with Crippen LogP contribution in [0, 0.1) is 5.92 Å². The molecular weight excluding hydrogens is 208 g/mol. The van der Waals surface area contributed by atoms with Gasteiger partial charge in [0.15, 0.2) is 0 Å². The van der Waals surface area contributed by atoms with E-state index in [9.17, 15) is 0 Å². The fourth-order valence-electron chi connectivity index (χ4n) is 2.00. The molecule has 1 aromatic rings. The van der Waals surface area contributed by atoms with Crippen molar-refractivity contribution in [2.75, 3.05) is 26.9 Å². The van der Waals surface area contributed by atoms with E-state index in [-0.39, 0.29) is 0 Å². The van der Waals surface area contributed by atoms with Gasteiger partial charge in [-0.05, 0) is 24.3 Å². The zero-order valence-corrected chi connectivity index (χ0v) is 9.14. The van der Waals surface area contributed by atoms with E-state index < -0.39 is 5.97 Å². The van der Waals surface area contributed by atoms with Gasteiger partial charge in [0, 0.05) is 11.5 Å². The van der Waals surface area contributed by atoms with Crippen molar-refractivity contribution >= 4 is 0 Å². The largest absolute Gasteiger partial charge is 0.497 e. The number of methoxy groups -OCH3 is 1. The lowest BCUT2D eigenvalue weighted by atomic mass is 10.1. The summed E-state index contributed by atoms with van der Waals surface area (Å²) in [5, 5.41) is 0. The normalized spacial score (nSPS) is 32.7. The van der Waals surface area contributed by atoms with Crippen molar-refractivity contribution in [1.29, 1.82) is 0 Å². The first-order chi connectivity index (χ1) is 7.82. The molecule has 2 bridgehead atoms. The minimum Gasteiger partial charge on any atom is -0.497 e. The number of hydrogen-bond acceptors (Lipinski definition) is 4. The molecular formula is C12H14O4. The van der Waals surface area contributed by atoms with E-state index in [2.05, 4.69) is 0 Å². The maximum atomic E-state index is 5.64. The van der Waals surface area contributed by atoms with E-state index in [1.54, 1.807) is 7.11 Å². The van der Waals surface area contributed by atoms with Crippen molar-refractivity contribution in [3.05, 3.63) is 29.8 Å². The highest BCUT2D eigenvalue weighted by Crippen LogP contribution is 2.38. The summed E-state index contributed by atoms with van der Waals surface area (Å²) in [7, 11) is 1.64. The molecule has 0 aromatic heterocycles. The Hall–Kier alpha value is -1.10. The molecule has 3 heterocycles. The van der Waals surface area contributed by atoms with Gasteiger partial charge in [-0.3, -0.25) is 0 Å². The Balaban J connectivity index is 1.89. The van der Waals surface area contributed by atoms with Crippen molar-refractivity contribution in [3.63, 3.8) is 0 Å². The molecule has 0 atom stereocenters. The van der Waals surface area contributed by atoms with Gasteiger partial charge in [-0.2, -0.15) is 0 Å². The molecule has 4 nitrogen and oxygen atoms in total. The first kappa shape index (κ1) is 10.1. The molecule has 3 saturated heterocycles. The van der Waals surface area contributed by atoms with E-state index >= 15 is 0 Å². The highest BCUT2D eigenvalue weighted by molar-refractivity contribution is 5.29. The van der Waals surface area contributed by atoms with Gasteiger partial charge < -0.3 is 18.9 Å². The summed E-state index contributed by atoms with van der Waals surface area (Å²) in [6, 6.07) is 7.57. The van der Waals surface area contributed by atoms with Gasteiger partial charge in [0.25, 0.3) is 0 Å². The summed E-state index contributed by atoms with van der Waals surface area (Å²) in [4.78, 5) is 0. The van der Waals surface area contributed by atoms with E-state index in [4.69, 9.17) is 18.9 Å². The van der Waals surface area contributed by atoms with Crippen molar-refractivity contribution in [2.24, 2.45) is 5.92 Å². The quantitative estimate of drug-likeness (QED) is 0.759. The number of ether oxygens (including phenoxy) is 4. The van der Waals surface area contributed by atoms with Gasteiger partial charge in [-0.25, -0.2) is 0 Å². The third kappa shape index (κ3) is 1.50. The Bertz CT molecular complexity index is 351. The molecule has 0 amide bonds. The molecule has 0 spiro atoms. The predicted octanol–water partition coefficient (Wildman–Crippen LogP) is 1.50. The van der Waals surface area contributed by atoms with Crippen LogP contribution in [0.1, 0.15) is 5.56 Å². The molecule has 3 aliphatic heterocycles. The van der Waals surface area contributed by atoms with Crippen LogP contribution in [0.5, 0.6) is 5.75 Å². The zero-order valence-electron chi connectivity index (χ0n) is 9.14. The van der Waals surface area contributed by atoms with Crippen LogP contribution < -0.4 is 4.74 Å². The number of benzene rings is 1. The van der Waals surface area contributed by atoms with Gasteiger partial charge in [0.05, 0.1) is 26.9 Å². The molecule has 0 unspecified atom stereocenters. The monoisotopic (exact) mass is 222 g/mol. The molecule has 4 heteroatoms. The second-order valence-corrected chi connectivity index (χ2v) is 4.08. The molecule has 1 aromatic carbocycles. The Morgan fingerprint density at radius 2 is 1.62 bits per heavy atom. The van der Waals surface area contributed by atoms with Gasteiger partial charge >= 0.3 is 5.97 Å². The molecule has 3 aliphatic rings. The lowest BCUT2D eigenvalue weighted by Crippen LogP contribution is -2.51. The Labute approximate surface area is 94.1 Å². The summed E-state index contributed by atoms with van der Waals surface area (Å²) >= 11 is 0. The second kappa shape index (κ2) is 3.73. The SMILES string of the molecule is COc1ccc(C23OCC(CO2)CO3)cc1. The highest BCUT2D eigenvalue weighted by atomic mass is 16.9. The lowest BCUT2D eigenvalue weighted by Gasteiger charge is -2.45. The summed E-state index contributed by atoms with van der Waals surface area (Å²) in [5.41, 5.74) is 0.881. The van der Waals surface area contributed by atoms with Gasteiger partial charge in [-0.1, -0.05) is 0 Å². The van der Waals surface area contributed by atoms with E-state index in [0.717, 1.165) is 11.3 Å². The molecule has 0 radical (unpaired) electrons. The van der Waals surface area contributed by atoms with Crippen molar-refractivity contribution in [3.8, 4) is 5.75 Å². The average molecular weight is 222 g/mol. The van der Waals surface area contributed by atoms with Crippen molar-refractivity contribution in [2.45, 2.75) is 5.97 Å². The fraction of sp³-hybridized carbons (Fsp3) is 0.500. The molecule has 4 rings (SSSR count). The smallest absolute Gasteiger partial charge is 0.312 e. The van der Waals surface area contributed by atoms with E-state index in [1.807, 2.05) is 24.3 Å². The first-order valence-corrected chi connectivity index (χ1v) is 5.39. The van der Waals surface area contributed by atoms with Crippen LogP contribution in [-0.2, 0) is 20.2 Å². The van der Waals surface area contributed by atoms with Crippen molar-refractivity contribution < 1.29 is 18.9 Å². The van der Waals surface area contributed by atoms with Crippen LogP contribution in [0.3, 0.4) is 0 Å².